The Morgan fingerprint density at radius 1 is 1.50 bits per heavy atom. The van der Waals surface area contributed by atoms with Crippen molar-refractivity contribution in [1.29, 1.82) is 0 Å². The summed E-state index contributed by atoms with van der Waals surface area (Å²) in [6.45, 7) is 7.62. The summed E-state index contributed by atoms with van der Waals surface area (Å²) in [5.41, 5.74) is 0. The van der Waals surface area contributed by atoms with Crippen LogP contribution >= 0.6 is 0 Å². The fraction of sp³-hybridized carbons (Fsp3) is 0.600. The maximum atomic E-state index is 11.3. The molecule has 1 heterocycles. The van der Waals surface area contributed by atoms with Crippen LogP contribution in [0.1, 0.15) is 13.8 Å². The molecule has 0 aromatic carbocycles. The van der Waals surface area contributed by atoms with Gasteiger partial charge >= 0.3 is 6.03 Å². The van der Waals surface area contributed by atoms with Crippen molar-refractivity contribution in [3.05, 3.63) is 12.3 Å². The maximum Gasteiger partial charge on any atom is 0.321 e. The van der Waals surface area contributed by atoms with Crippen molar-refractivity contribution in [2.45, 2.75) is 13.8 Å². The molecule has 1 aromatic heterocycles. The van der Waals surface area contributed by atoms with Gasteiger partial charge in [0.2, 0.25) is 5.88 Å². The zero-order valence-electron chi connectivity index (χ0n) is 9.69. The second-order valence-electron chi connectivity index (χ2n) is 3.28. The normalized spacial score (nSPS) is 10.4. The van der Waals surface area contributed by atoms with E-state index < -0.39 is 0 Å². The van der Waals surface area contributed by atoms with Gasteiger partial charge in [-0.25, -0.2) is 4.79 Å². The number of carbonyl (C=O) groups excluding carboxylic acids is 1. The average Bonchev–Trinajstić information content (AvgIpc) is 2.77. The number of rotatable bonds is 6. The summed E-state index contributed by atoms with van der Waals surface area (Å²) in [5, 5.41) is 8.76. The molecule has 0 bridgehead atoms. The van der Waals surface area contributed by atoms with Gasteiger partial charge in [0.15, 0.2) is 0 Å². The quantitative estimate of drug-likeness (QED) is 0.763. The first-order valence-electron chi connectivity index (χ1n) is 5.44. The van der Waals surface area contributed by atoms with Crippen LogP contribution < -0.4 is 10.6 Å². The lowest BCUT2D eigenvalue weighted by atomic mass is 10.4. The molecule has 16 heavy (non-hydrogen) atoms. The largest absolute Gasteiger partial charge is 0.338 e. The number of likely N-dealkylation sites (N-methyl/N-ethyl adjacent to an activating group) is 1. The lowest BCUT2D eigenvalue weighted by Crippen LogP contribution is -2.36. The Balaban J connectivity index is 2.15. The number of hydrogen-bond donors (Lipinski definition) is 2. The van der Waals surface area contributed by atoms with Crippen LogP contribution in [0.5, 0.6) is 0 Å². The molecule has 0 spiro atoms. The molecule has 0 saturated carbocycles. The van der Waals surface area contributed by atoms with Gasteiger partial charge in [0.1, 0.15) is 0 Å². The standard InChI is InChI=1S/C10H18N4O2/c1-3-14(4-2)8-7-11-10(15)13-9-5-6-12-16-9/h5-6H,3-4,7-8H2,1-2H3,(H2,11,13,15). The highest BCUT2D eigenvalue weighted by atomic mass is 16.5. The molecule has 0 radical (unpaired) electrons. The topological polar surface area (TPSA) is 70.4 Å². The Morgan fingerprint density at radius 3 is 2.81 bits per heavy atom. The smallest absolute Gasteiger partial charge is 0.321 e. The van der Waals surface area contributed by atoms with Gasteiger partial charge in [0.05, 0.1) is 6.20 Å². The van der Waals surface area contributed by atoms with Crippen LogP contribution in [0.3, 0.4) is 0 Å². The maximum absolute atomic E-state index is 11.3. The Kier molecular flexibility index (Phi) is 5.35. The van der Waals surface area contributed by atoms with Gasteiger partial charge in [0.25, 0.3) is 0 Å². The molecule has 2 N–H and O–H groups in total. The monoisotopic (exact) mass is 226 g/mol. The van der Waals surface area contributed by atoms with Crippen LogP contribution in [0, 0.1) is 0 Å². The summed E-state index contributed by atoms with van der Waals surface area (Å²) in [7, 11) is 0. The van der Waals surface area contributed by atoms with E-state index in [-0.39, 0.29) is 6.03 Å². The fourth-order valence-corrected chi connectivity index (χ4v) is 1.30. The van der Waals surface area contributed by atoms with Crippen molar-refractivity contribution in [2.24, 2.45) is 0 Å². The van der Waals surface area contributed by atoms with Crippen molar-refractivity contribution < 1.29 is 9.32 Å². The van der Waals surface area contributed by atoms with Gasteiger partial charge in [-0.15, -0.1) is 0 Å². The van der Waals surface area contributed by atoms with Gasteiger partial charge in [0, 0.05) is 19.2 Å². The third kappa shape index (κ3) is 4.31. The number of carbonyl (C=O) groups is 1. The molecule has 0 saturated heterocycles. The number of aromatic nitrogens is 1. The highest BCUT2D eigenvalue weighted by Gasteiger charge is 2.04. The lowest BCUT2D eigenvalue weighted by Gasteiger charge is -2.17. The molecule has 0 unspecified atom stereocenters. The fourth-order valence-electron chi connectivity index (χ4n) is 1.30. The Bertz CT molecular complexity index is 296. The molecule has 0 aliphatic heterocycles. The van der Waals surface area contributed by atoms with Crippen molar-refractivity contribution in [3.63, 3.8) is 0 Å². The van der Waals surface area contributed by atoms with Gasteiger partial charge in [-0.05, 0) is 13.1 Å². The van der Waals surface area contributed by atoms with Crippen LogP contribution in [0.15, 0.2) is 16.8 Å². The minimum atomic E-state index is -0.274. The first kappa shape index (κ1) is 12.5. The van der Waals surface area contributed by atoms with E-state index in [4.69, 9.17) is 4.52 Å². The number of amides is 2. The molecule has 1 rings (SSSR count). The molecule has 6 heteroatoms. The summed E-state index contributed by atoms with van der Waals surface area (Å²) in [6, 6.07) is 1.31. The predicted octanol–water partition coefficient (Wildman–Crippen LogP) is 1.14. The summed E-state index contributed by atoms with van der Waals surface area (Å²) in [4.78, 5) is 13.6. The molecule has 1 aromatic rings. The molecule has 90 valence electrons. The number of hydrogen-bond acceptors (Lipinski definition) is 4. The third-order valence-electron chi connectivity index (χ3n) is 2.28. The van der Waals surface area contributed by atoms with E-state index in [2.05, 4.69) is 34.5 Å². The summed E-state index contributed by atoms with van der Waals surface area (Å²) in [5.74, 6) is 0.348. The van der Waals surface area contributed by atoms with Crippen molar-refractivity contribution in [2.75, 3.05) is 31.5 Å². The third-order valence-corrected chi connectivity index (χ3v) is 2.28. The lowest BCUT2D eigenvalue weighted by molar-refractivity contribution is 0.247. The van der Waals surface area contributed by atoms with E-state index in [0.717, 1.165) is 19.6 Å². The van der Waals surface area contributed by atoms with Crippen molar-refractivity contribution in [1.82, 2.24) is 15.4 Å². The highest BCUT2D eigenvalue weighted by molar-refractivity contribution is 5.87. The van der Waals surface area contributed by atoms with Crippen LogP contribution in [0.4, 0.5) is 10.7 Å². The van der Waals surface area contributed by atoms with Gasteiger partial charge < -0.3 is 14.7 Å². The van der Waals surface area contributed by atoms with E-state index in [1.54, 1.807) is 6.07 Å². The Morgan fingerprint density at radius 2 is 2.25 bits per heavy atom. The van der Waals surface area contributed by atoms with E-state index in [1.807, 2.05) is 0 Å². The minimum absolute atomic E-state index is 0.274. The number of nitrogens with one attached hydrogen (secondary N) is 2. The van der Waals surface area contributed by atoms with E-state index in [0.29, 0.717) is 12.4 Å². The molecule has 0 aliphatic carbocycles. The molecule has 0 fully saturated rings. The molecular formula is C10H18N4O2. The zero-order valence-corrected chi connectivity index (χ0v) is 9.69. The number of anilines is 1. The van der Waals surface area contributed by atoms with Crippen molar-refractivity contribution in [3.8, 4) is 0 Å². The predicted molar refractivity (Wildman–Crippen MR) is 61.3 cm³/mol. The summed E-state index contributed by atoms with van der Waals surface area (Å²) >= 11 is 0. The van der Waals surface area contributed by atoms with Gasteiger partial charge in [-0.2, -0.15) is 0 Å². The zero-order chi connectivity index (χ0) is 11.8. The van der Waals surface area contributed by atoms with Crippen LogP contribution in [-0.4, -0.2) is 42.3 Å². The molecule has 2 amide bonds. The molecular weight excluding hydrogens is 208 g/mol. The molecule has 6 nitrogen and oxygen atoms in total. The molecule has 0 aliphatic rings. The summed E-state index contributed by atoms with van der Waals surface area (Å²) in [6.07, 6.45) is 1.48. The van der Waals surface area contributed by atoms with Crippen molar-refractivity contribution >= 4 is 11.9 Å². The van der Waals surface area contributed by atoms with Gasteiger partial charge in [-0.1, -0.05) is 19.0 Å². The minimum Gasteiger partial charge on any atom is -0.338 e. The SMILES string of the molecule is CCN(CC)CCNC(=O)Nc1ccno1. The van der Waals surface area contributed by atoms with E-state index >= 15 is 0 Å². The van der Waals surface area contributed by atoms with E-state index in [9.17, 15) is 4.79 Å². The summed E-state index contributed by atoms with van der Waals surface area (Å²) < 4.78 is 4.74. The first-order valence-corrected chi connectivity index (χ1v) is 5.44. The van der Waals surface area contributed by atoms with Gasteiger partial charge in [-0.3, -0.25) is 5.32 Å². The Labute approximate surface area is 95.0 Å². The Hall–Kier alpha value is -1.56. The van der Waals surface area contributed by atoms with Crippen LogP contribution in [0.2, 0.25) is 0 Å². The number of nitrogens with zero attached hydrogens (tertiary/aromatic N) is 2. The van der Waals surface area contributed by atoms with Crippen LogP contribution in [0.25, 0.3) is 0 Å². The second-order valence-corrected chi connectivity index (χ2v) is 3.28. The van der Waals surface area contributed by atoms with E-state index in [1.165, 1.54) is 6.20 Å². The molecule has 0 atom stereocenters. The highest BCUT2D eigenvalue weighted by Crippen LogP contribution is 2.02. The first-order chi connectivity index (χ1) is 7.76. The van der Waals surface area contributed by atoms with Crippen LogP contribution in [-0.2, 0) is 0 Å². The average molecular weight is 226 g/mol. The second kappa shape index (κ2) is 6.84. The number of urea groups is 1.